The summed E-state index contributed by atoms with van der Waals surface area (Å²) in [5.74, 6) is 1.32. The molecule has 92 valence electrons. The third-order valence-electron chi connectivity index (χ3n) is 2.88. The van der Waals surface area contributed by atoms with Crippen molar-refractivity contribution in [1.29, 1.82) is 0 Å². The highest BCUT2D eigenvalue weighted by Crippen LogP contribution is 2.30. The first kappa shape index (κ1) is 12.0. The van der Waals surface area contributed by atoms with Crippen molar-refractivity contribution in [1.82, 2.24) is 4.90 Å². The van der Waals surface area contributed by atoms with E-state index in [0.29, 0.717) is 11.7 Å². The summed E-state index contributed by atoms with van der Waals surface area (Å²) >= 11 is 0. The van der Waals surface area contributed by atoms with Gasteiger partial charge in [-0.15, -0.1) is 0 Å². The molecule has 0 bridgehead atoms. The van der Waals surface area contributed by atoms with Crippen LogP contribution >= 0.6 is 0 Å². The molecular weight excluding hydrogens is 214 g/mol. The van der Waals surface area contributed by atoms with Gasteiger partial charge in [0.25, 0.3) is 0 Å². The van der Waals surface area contributed by atoms with Gasteiger partial charge in [0.2, 0.25) is 0 Å². The first-order valence-electron chi connectivity index (χ1n) is 6.31. The maximum Gasteiger partial charge on any atom is 0.415 e. The molecule has 0 radical (unpaired) electrons. The molecule has 0 aliphatic heterocycles. The number of carbonyl (C=O) groups is 1. The van der Waals surface area contributed by atoms with Crippen molar-refractivity contribution < 1.29 is 9.53 Å². The summed E-state index contributed by atoms with van der Waals surface area (Å²) in [5, 5.41) is 0. The summed E-state index contributed by atoms with van der Waals surface area (Å²) in [6, 6.07) is 9.25. The minimum atomic E-state index is -0.218. The molecule has 2 rings (SSSR count). The monoisotopic (exact) mass is 233 g/mol. The fourth-order valence-electron chi connectivity index (χ4n) is 1.79. The Labute approximate surface area is 102 Å². The Morgan fingerprint density at radius 2 is 2.06 bits per heavy atom. The van der Waals surface area contributed by atoms with Gasteiger partial charge in [-0.05, 0) is 37.3 Å². The number of benzene rings is 1. The van der Waals surface area contributed by atoms with E-state index in [0.717, 1.165) is 19.5 Å². The Bertz CT molecular complexity index is 360. The topological polar surface area (TPSA) is 29.5 Å². The van der Waals surface area contributed by atoms with Crippen molar-refractivity contribution in [3.8, 4) is 5.75 Å². The van der Waals surface area contributed by atoms with Gasteiger partial charge >= 0.3 is 6.09 Å². The maximum absolute atomic E-state index is 12.0. The molecule has 1 aliphatic rings. The summed E-state index contributed by atoms with van der Waals surface area (Å²) in [4.78, 5) is 13.8. The molecule has 17 heavy (non-hydrogen) atoms. The van der Waals surface area contributed by atoms with Crippen LogP contribution in [0.3, 0.4) is 0 Å². The van der Waals surface area contributed by atoms with E-state index in [4.69, 9.17) is 4.74 Å². The van der Waals surface area contributed by atoms with E-state index in [1.165, 1.54) is 12.8 Å². The Balaban J connectivity index is 1.90. The molecule has 0 unspecified atom stereocenters. The van der Waals surface area contributed by atoms with Crippen molar-refractivity contribution in [2.45, 2.75) is 26.2 Å². The Hall–Kier alpha value is -1.51. The highest BCUT2D eigenvalue weighted by molar-refractivity contribution is 5.70. The van der Waals surface area contributed by atoms with Crippen LogP contribution in [-0.4, -0.2) is 24.1 Å². The third kappa shape index (κ3) is 3.77. The second-order valence-corrected chi connectivity index (χ2v) is 4.57. The van der Waals surface area contributed by atoms with Crippen LogP contribution < -0.4 is 4.74 Å². The van der Waals surface area contributed by atoms with Gasteiger partial charge in [0.1, 0.15) is 5.75 Å². The van der Waals surface area contributed by atoms with Crippen LogP contribution in [0.4, 0.5) is 4.79 Å². The molecule has 3 nitrogen and oxygen atoms in total. The van der Waals surface area contributed by atoms with Gasteiger partial charge in [0.15, 0.2) is 0 Å². The van der Waals surface area contributed by atoms with E-state index < -0.39 is 0 Å². The molecule has 3 heteroatoms. The fourth-order valence-corrected chi connectivity index (χ4v) is 1.79. The largest absolute Gasteiger partial charge is 0.415 e. The van der Waals surface area contributed by atoms with Crippen LogP contribution in [0.2, 0.25) is 0 Å². The van der Waals surface area contributed by atoms with Crippen molar-refractivity contribution in [3.63, 3.8) is 0 Å². The highest BCUT2D eigenvalue weighted by atomic mass is 16.6. The molecule has 0 saturated heterocycles. The lowest BCUT2D eigenvalue weighted by atomic mass is 10.3. The van der Waals surface area contributed by atoms with E-state index in [9.17, 15) is 4.79 Å². The highest BCUT2D eigenvalue weighted by Gasteiger charge is 2.27. The van der Waals surface area contributed by atoms with E-state index in [1.807, 2.05) is 23.1 Å². The predicted molar refractivity (Wildman–Crippen MR) is 67.1 cm³/mol. The van der Waals surface area contributed by atoms with E-state index >= 15 is 0 Å². The van der Waals surface area contributed by atoms with Gasteiger partial charge in [-0.2, -0.15) is 0 Å². The van der Waals surface area contributed by atoms with Gasteiger partial charge in [-0.25, -0.2) is 4.79 Å². The van der Waals surface area contributed by atoms with Crippen LogP contribution in [0.1, 0.15) is 26.2 Å². The average molecular weight is 233 g/mol. The number of para-hydroxylation sites is 1. The minimum absolute atomic E-state index is 0.218. The summed E-state index contributed by atoms with van der Waals surface area (Å²) in [6.07, 6.45) is 3.25. The number of ether oxygens (including phenoxy) is 1. The van der Waals surface area contributed by atoms with Crippen molar-refractivity contribution in [2.75, 3.05) is 13.1 Å². The summed E-state index contributed by atoms with van der Waals surface area (Å²) in [5.41, 5.74) is 0. The van der Waals surface area contributed by atoms with Gasteiger partial charge in [0.05, 0.1) is 0 Å². The number of rotatable bonds is 5. The molecule has 1 aliphatic carbocycles. The molecule has 1 amide bonds. The molecule has 0 N–H and O–H groups in total. The number of hydrogen-bond donors (Lipinski definition) is 0. The SMILES string of the molecule is CCCN(CC1CC1)C(=O)Oc1ccccc1. The number of nitrogens with zero attached hydrogens (tertiary/aromatic N) is 1. The van der Waals surface area contributed by atoms with Crippen LogP contribution in [0.25, 0.3) is 0 Å². The Morgan fingerprint density at radius 3 is 2.65 bits per heavy atom. The van der Waals surface area contributed by atoms with Crippen LogP contribution in [0.5, 0.6) is 5.75 Å². The first-order valence-corrected chi connectivity index (χ1v) is 6.31. The zero-order chi connectivity index (χ0) is 12.1. The van der Waals surface area contributed by atoms with Crippen LogP contribution in [0, 0.1) is 5.92 Å². The molecule has 1 aromatic carbocycles. The standard InChI is InChI=1S/C14H19NO2/c1-2-10-15(11-12-8-9-12)14(16)17-13-6-4-3-5-7-13/h3-7,12H,2,8-11H2,1H3. The maximum atomic E-state index is 12.0. The lowest BCUT2D eigenvalue weighted by Gasteiger charge is -2.21. The van der Waals surface area contributed by atoms with Crippen LogP contribution in [0.15, 0.2) is 30.3 Å². The molecule has 1 fully saturated rings. The van der Waals surface area contributed by atoms with Gasteiger partial charge < -0.3 is 9.64 Å². The zero-order valence-electron chi connectivity index (χ0n) is 10.3. The molecule has 1 saturated carbocycles. The van der Waals surface area contributed by atoms with Gasteiger partial charge in [0, 0.05) is 13.1 Å². The first-order chi connectivity index (χ1) is 8.29. The zero-order valence-corrected chi connectivity index (χ0v) is 10.3. The second-order valence-electron chi connectivity index (χ2n) is 4.57. The lowest BCUT2D eigenvalue weighted by Crippen LogP contribution is -2.35. The van der Waals surface area contributed by atoms with E-state index in [1.54, 1.807) is 12.1 Å². The molecule has 0 heterocycles. The molecule has 0 aromatic heterocycles. The fraction of sp³-hybridized carbons (Fsp3) is 0.500. The third-order valence-corrected chi connectivity index (χ3v) is 2.88. The number of amides is 1. The summed E-state index contributed by atoms with van der Waals surface area (Å²) < 4.78 is 5.34. The van der Waals surface area contributed by atoms with E-state index in [-0.39, 0.29) is 6.09 Å². The molecular formula is C14H19NO2. The lowest BCUT2D eigenvalue weighted by molar-refractivity contribution is 0.150. The molecule has 0 spiro atoms. The summed E-state index contributed by atoms with van der Waals surface area (Å²) in [6.45, 7) is 3.71. The Morgan fingerprint density at radius 1 is 1.35 bits per heavy atom. The van der Waals surface area contributed by atoms with Gasteiger partial charge in [-0.1, -0.05) is 25.1 Å². The number of carbonyl (C=O) groups excluding carboxylic acids is 1. The molecule has 1 aromatic rings. The smallest absolute Gasteiger partial charge is 0.410 e. The normalized spacial score (nSPS) is 14.4. The van der Waals surface area contributed by atoms with Gasteiger partial charge in [-0.3, -0.25) is 0 Å². The predicted octanol–water partition coefficient (Wildman–Crippen LogP) is 3.31. The number of hydrogen-bond acceptors (Lipinski definition) is 2. The Kier molecular flexibility index (Phi) is 4.02. The van der Waals surface area contributed by atoms with E-state index in [2.05, 4.69) is 6.92 Å². The molecule has 0 atom stereocenters. The van der Waals surface area contributed by atoms with Crippen molar-refractivity contribution in [2.24, 2.45) is 5.92 Å². The second kappa shape index (κ2) is 5.71. The minimum Gasteiger partial charge on any atom is -0.410 e. The quantitative estimate of drug-likeness (QED) is 0.781. The van der Waals surface area contributed by atoms with Crippen molar-refractivity contribution >= 4 is 6.09 Å². The van der Waals surface area contributed by atoms with Crippen molar-refractivity contribution in [3.05, 3.63) is 30.3 Å². The van der Waals surface area contributed by atoms with Crippen LogP contribution in [-0.2, 0) is 0 Å². The average Bonchev–Trinajstić information content (AvgIpc) is 3.14. The summed E-state index contributed by atoms with van der Waals surface area (Å²) in [7, 11) is 0.